The molecule has 8 heteroatoms. The second-order valence-electron chi connectivity index (χ2n) is 7.72. The van der Waals surface area contributed by atoms with E-state index in [0.717, 1.165) is 23.4 Å². The Hall–Kier alpha value is -2.67. The molecule has 7 nitrogen and oxygen atoms in total. The topological polar surface area (TPSA) is 68.8 Å². The van der Waals surface area contributed by atoms with Crippen LogP contribution in [0.5, 0.6) is 0 Å². The molecule has 1 amide bonds. The molecule has 0 N–H and O–H groups in total. The fourth-order valence-corrected chi connectivity index (χ4v) is 3.78. The number of benzene rings is 1. The summed E-state index contributed by atoms with van der Waals surface area (Å²) in [5.41, 5.74) is 2.82. The molecule has 1 aromatic carbocycles. The normalized spacial score (nSPS) is 16.1. The zero-order chi connectivity index (χ0) is 19.2. The average Bonchev–Trinajstić information content (AvgIpc) is 3.17. The Morgan fingerprint density at radius 1 is 1.26 bits per heavy atom. The first-order valence-electron chi connectivity index (χ1n) is 8.80. The third-order valence-corrected chi connectivity index (χ3v) is 5.06. The quantitative estimate of drug-likeness (QED) is 0.681. The van der Waals surface area contributed by atoms with Gasteiger partial charge >= 0.3 is 0 Å². The molecular formula is C19H21ClN6O. The van der Waals surface area contributed by atoms with Crippen LogP contribution in [0.2, 0.25) is 5.02 Å². The summed E-state index contributed by atoms with van der Waals surface area (Å²) >= 11 is 6.39. The molecule has 3 heterocycles. The van der Waals surface area contributed by atoms with Gasteiger partial charge in [0.15, 0.2) is 0 Å². The number of hydrogen-bond acceptors (Lipinski definition) is 4. The van der Waals surface area contributed by atoms with Crippen LogP contribution in [0.25, 0.3) is 5.69 Å². The number of carbonyl (C=O) groups excluding carboxylic acids is 1. The monoisotopic (exact) mass is 384 g/mol. The zero-order valence-corrected chi connectivity index (χ0v) is 16.3. The fraction of sp³-hybridized carbons (Fsp3) is 0.368. The van der Waals surface area contributed by atoms with E-state index in [1.54, 1.807) is 11.9 Å². The molecular weight excluding hydrogens is 364 g/mol. The van der Waals surface area contributed by atoms with Crippen LogP contribution in [0.4, 0.5) is 0 Å². The minimum atomic E-state index is -0.165. The fourth-order valence-electron chi connectivity index (χ4n) is 3.57. The minimum Gasteiger partial charge on any atom is -0.331 e. The number of para-hydroxylation sites is 1. The van der Waals surface area contributed by atoms with Gasteiger partial charge in [0.25, 0.3) is 5.91 Å². The first-order chi connectivity index (χ1) is 12.8. The van der Waals surface area contributed by atoms with E-state index in [1.807, 2.05) is 35.1 Å². The number of carbonyl (C=O) groups is 1. The lowest BCUT2D eigenvalue weighted by molar-refractivity contribution is 0.0667. The number of hydrogen-bond donors (Lipinski definition) is 0. The van der Waals surface area contributed by atoms with Gasteiger partial charge < -0.3 is 4.90 Å². The van der Waals surface area contributed by atoms with E-state index < -0.39 is 0 Å². The van der Waals surface area contributed by atoms with Crippen molar-refractivity contribution in [1.82, 2.24) is 29.4 Å². The van der Waals surface area contributed by atoms with Crippen molar-refractivity contribution in [2.75, 3.05) is 6.54 Å². The van der Waals surface area contributed by atoms with E-state index in [-0.39, 0.29) is 17.1 Å². The van der Waals surface area contributed by atoms with Crippen LogP contribution in [-0.2, 0) is 20.0 Å². The number of amides is 1. The van der Waals surface area contributed by atoms with Crippen molar-refractivity contribution in [3.63, 3.8) is 0 Å². The molecule has 0 saturated heterocycles. The van der Waals surface area contributed by atoms with Gasteiger partial charge in [0.05, 0.1) is 16.9 Å². The van der Waals surface area contributed by atoms with Crippen LogP contribution >= 0.6 is 11.6 Å². The number of rotatable bonds is 2. The van der Waals surface area contributed by atoms with Gasteiger partial charge in [-0.15, -0.1) is 5.10 Å². The van der Waals surface area contributed by atoms with E-state index >= 15 is 0 Å². The summed E-state index contributed by atoms with van der Waals surface area (Å²) in [5, 5.41) is 9.38. The Kier molecular flexibility index (Phi) is 4.26. The molecule has 2 aromatic heterocycles. The molecule has 0 saturated carbocycles. The van der Waals surface area contributed by atoms with Crippen LogP contribution in [0.15, 0.2) is 36.8 Å². The Bertz CT molecular complexity index is 1010. The second kappa shape index (κ2) is 6.49. The lowest BCUT2D eigenvalue weighted by Gasteiger charge is -2.29. The van der Waals surface area contributed by atoms with Crippen molar-refractivity contribution in [3.05, 3.63) is 58.9 Å². The van der Waals surface area contributed by atoms with Crippen LogP contribution in [0.1, 0.15) is 35.7 Å². The summed E-state index contributed by atoms with van der Waals surface area (Å²) in [6, 6.07) is 7.65. The highest BCUT2D eigenvalue weighted by molar-refractivity contribution is 6.32. The van der Waals surface area contributed by atoms with Gasteiger partial charge in [-0.3, -0.25) is 9.48 Å². The van der Waals surface area contributed by atoms with Gasteiger partial charge in [0.2, 0.25) is 5.82 Å². The summed E-state index contributed by atoms with van der Waals surface area (Å²) in [5.74, 6) is 0.0530. The van der Waals surface area contributed by atoms with E-state index in [9.17, 15) is 4.79 Å². The van der Waals surface area contributed by atoms with Gasteiger partial charge in [-0.2, -0.15) is 5.10 Å². The van der Waals surface area contributed by atoms with E-state index in [2.05, 4.69) is 29.0 Å². The maximum absolute atomic E-state index is 12.9. The number of aromatic nitrogens is 5. The molecule has 4 rings (SSSR count). The average molecular weight is 385 g/mol. The van der Waals surface area contributed by atoms with Gasteiger partial charge in [0, 0.05) is 31.4 Å². The molecule has 1 aliphatic heterocycles. The van der Waals surface area contributed by atoms with Crippen molar-refractivity contribution in [2.45, 2.75) is 26.8 Å². The predicted molar refractivity (Wildman–Crippen MR) is 102 cm³/mol. The Labute approximate surface area is 162 Å². The lowest BCUT2D eigenvalue weighted by atomic mass is 9.87. The molecule has 0 radical (unpaired) electrons. The van der Waals surface area contributed by atoms with Crippen LogP contribution in [-0.4, -0.2) is 41.9 Å². The van der Waals surface area contributed by atoms with Crippen LogP contribution in [0, 0.1) is 5.41 Å². The Morgan fingerprint density at radius 2 is 2.04 bits per heavy atom. The van der Waals surface area contributed by atoms with Crippen molar-refractivity contribution >= 4 is 17.5 Å². The number of aryl methyl sites for hydroxylation is 1. The maximum Gasteiger partial charge on any atom is 0.293 e. The first kappa shape index (κ1) is 17.7. The van der Waals surface area contributed by atoms with Crippen molar-refractivity contribution in [3.8, 4) is 5.69 Å². The predicted octanol–water partition coefficient (Wildman–Crippen LogP) is 2.88. The Morgan fingerprint density at radius 3 is 2.74 bits per heavy atom. The largest absolute Gasteiger partial charge is 0.331 e. The van der Waals surface area contributed by atoms with Gasteiger partial charge in [-0.25, -0.2) is 9.67 Å². The molecule has 0 aliphatic carbocycles. The van der Waals surface area contributed by atoms with Crippen molar-refractivity contribution < 1.29 is 4.79 Å². The van der Waals surface area contributed by atoms with Crippen molar-refractivity contribution in [1.29, 1.82) is 0 Å². The molecule has 0 fully saturated rings. The Balaban J connectivity index is 1.73. The van der Waals surface area contributed by atoms with Gasteiger partial charge in [-0.1, -0.05) is 37.6 Å². The second-order valence-corrected chi connectivity index (χ2v) is 8.13. The highest BCUT2D eigenvalue weighted by Crippen LogP contribution is 2.33. The van der Waals surface area contributed by atoms with Crippen LogP contribution < -0.4 is 0 Å². The van der Waals surface area contributed by atoms with E-state index in [0.29, 0.717) is 18.1 Å². The summed E-state index contributed by atoms with van der Waals surface area (Å²) in [6.07, 6.45) is 4.15. The summed E-state index contributed by atoms with van der Waals surface area (Å²) in [6.45, 7) is 5.39. The number of nitrogens with zero attached hydrogens (tertiary/aromatic N) is 6. The molecule has 0 spiro atoms. The molecule has 27 heavy (non-hydrogen) atoms. The highest BCUT2D eigenvalue weighted by Gasteiger charge is 2.34. The van der Waals surface area contributed by atoms with Crippen LogP contribution in [0.3, 0.4) is 0 Å². The lowest BCUT2D eigenvalue weighted by Crippen LogP contribution is -2.38. The standard InChI is InChI=1S/C19H21ClN6O/c1-19(2)8-16-13(9-22-26(16)15-7-5-4-6-14(15)20)10-25(11-19)18(27)17-21-12-24(3)23-17/h4-7,9,12H,8,10-11H2,1-3H3. The molecule has 0 unspecified atom stereocenters. The smallest absolute Gasteiger partial charge is 0.293 e. The minimum absolute atomic E-state index is 0.130. The number of halogens is 1. The third kappa shape index (κ3) is 3.35. The third-order valence-electron chi connectivity index (χ3n) is 4.74. The number of fused-ring (bicyclic) bond motifs is 1. The molecule has 1 aliphatic rings. The summed E-state index contributed by atoms with van der Waals surface area (Å²) in [7, 11) is 1.75. The van der Waals surface area contributed by atoms with Gasteiger partial charge in [0.1, 0.15) is 6.33 Å². The van der Waals surface area contributed by atoms with Crippen molar-refractivity contribution in [2.24, 2.45) is 12.5 Å². The van der Waals surface area contributed by atoms with E-state index in [4.69, 9.17) is 11.6 Å². The van der Waals surface area contributed by atoms with Gasteiger partial charge in [-0.05, 0) is 24.0 Å². The molecule has 0 bridgehead atoms. The molecule has 140 valence electrons. The first-order valence-corrected chi connectivity index (χ1v) is 9.17. The SMILES string of the molecule is Cn1cnc(C(=O)N2Cc3cnn(-c4ccccc4Cl)c3CC(C)(C)C2)n1. The zero-order valence-electron chi connectivity index (χ0n) is 15.6. The molecule has 3 aromatic rings. The summed E-state index contributed by atoms with van der Waals surface area (Å²) in [4.78, 5) is 18.9. The molecule has 0 atom stereocenters. The summed E-state index contributed by atoms with van der Waals surface area (Å²) < 4.78 is 3.43. The maximum atomic E-state index is 12.9. The van der Waals surface area contributed by atoms with E-state index in [1.165, 1.54) is 11.0 Å². The highest BCUT2D eigenvalue weighted by atomic mass is 35.5.